The van der Waals surface area contributed by atoms with Crippen LogP contribution in [0, 0.1) is 11.7 Å². The van der Waals surface area contributed by atoms with Gasteiger partial charge in [-0.15, -0.1) is 0 Å². The van der Waals surface area contributed by atoms with E-state index >= 15 is 0 Å². The minimum atomic E-state index is -2.97. The molecule has 0 saturated carbocycles. The fraction of sp³-hybridized carbons (Fsp3) is 0.294. The lowest BCUT2D eigenvalue weighted by Crippen LogP contribution is -2.30. The van der Waals surface area contributed by atoms with E-state index in [2.05, 4.69) is 15.6 Å². The molecule has 1 aliphatic rings. The zero-order valence-corrected chi connectivity index (χ0v) is 14.2. The smallest absolute Gasteiger partial charge is 0.255 e. The fourth-order valence-electron chi connectivity index (χ4n) is 2.76. The molecule has 1 aromatic heterocycles. The van der Waals surface area contributed by atoms with Crippen molar-refractivity contribution in [3.05, 3.63) is 54.0 Å². The number of hydrogen-bond donors (Lipinski definition) is 2. The van der Waals surface area contributed by atoms with Crippen LogP contribution >= 0.6 is 0 Å². The van der Waals surface area contributed by atoms with Gasteiger partial charge in [-0.3, -0.25) is 4.79 Å². The molecular weight excluding hydrogens is 345 g/mol. The molecule has 6 nitrogen and oxygen atoms in total. The zero-order chi connectivity index (χ0) is 17.9. The highest BCUT2D eigenvalue weighted by Gasteiger charge is 2.28. The summed E-state index contributed by atoms with van der Waals surface area (Å²) >= 11 is 0. The summed E-state index contributed by atoms with van der Waals surface area (Å²) in [5, 5.41) is 5.69. The number of halogens is 1. The second kappa shape index (κ2) is 7.18. The average molecular weight is 363 g/mol. The standard InChI is InChI=1S/C17H18FN3O3S/c18-13-3-1-4-14(9-13)21-16-15(5-2-7-19-16)17(22)20-10-12-6-8-25(23,24)11-12/h1-5,7,9,12H,6,8,10-11H2,(H,19,21)(H,20,22). The van der Waals surface area contributed by atoms with Gasteiger partial charge in [0, 0.05) is 18.4 Å². The number of benzene rings is 1. The molecule has 2 N–H and O–H groups in total. The van der Waals surface area contributed by atoms with Crippen molar-refractivity contribution in [2.45, 2.75) is 6.42 Å². The second-order valence-corrected chi connectivity index (χ2v) is 8.24. The molecule has 2 heterocycles. The summed E-state index contributed by atoms with van der Waals surface area (Å²) in [5.41, 5.74) is 0.794. The second-order valence-electron chi connectivity index (χ2n) is 6.01. The van der Waals surface area contributed by atoms with E-state index in [1.807, 2.05) is 0 Å². The van der Waals surface area contributed by atoms with Gasteiger partial charge in [0.1, 0.15) is 11.6 Å². The molecule has 0 spiro atoms. The van der Waals surface area contributed by atoms with Crippen LogP contribution in [0.3, 0.4) is 0 Å². The maximum Gasteiger partial charge on any atom is 0.255 e. The molecule has 1 atom stereocenters. The van der Waals surface area contributed by atoms with Gasteiger partial charge in [-0.05, 0) is 42.7 Å². The fourth-order valence-corrected chi connectivity index (χ4v) is 4.62. The molecule has 1 fully saturated rings. The molecule has 0 radical (unpaired) electrons. The molecule has 8 heteroatoms. The summed E-state index contributed by atoms with van der Waals surface area (Å²) in [6.45, 7) is 0.298. The van der Waals surface area contributed by atoms with Gasteiger partial charge >= 0.3 is 0 Å². The Hall–Kier alpha value is -2.48. The summed E-state index contributed by atoms with van der Waals surface area (Å²) in [6.07, 6.45) is 2.09. The van der Waals surface area contributed by atoms with Gasteiger partial charge in [-0.1, -0.05) is 6.07 Å². The SMILES string of the molecule is O=C(NCC1CCS(=O)(=O)C1)c1cccnc1Nc1cccc(F)c1. The number of rotatable bonds is 5. The third-order valence-electron chi connectivity index (χ3n) is 4.02. The van der Waals surface area contributed by atoms with Crippen molar-refractivity contribution in [2.24, 2.45) is 5.92 Å². The molecule has 0 aliphatic carbocycles. The molecular formula is C17H18FN3O3S. The first kappa shape index (κ1) is 17.3. The van der Waals surface area contributed by atoms with Crippen molar-refractivity contribution in [1.82, 2.24) is 10.3 Å². The van der Waals surface area contributed by atoms with Crippen LogP contribution in [0.4, 0.5) is 15.9 Å². The Balaban J connectivity index is 1.68. The Bertz CT molecular complexity index is 886. The molecule has 3 rings (SSSR count). The summed E-state index contributed by atoms with van der Waals surface area (Å²) in [4.78, 5) is 16.6. The quantitative estimate of drug-likeness (QED) is 0.850. The molecule has 1 saturated heterocycles. The van der Waals surface area contributed by atoms with Crippen LogP contribution in [0.25, 0.3) is 0 Å². The lowest BCUT2D eigenvalue weighted by molar-refractivity contribution is 0.0949. The molecule has 1 aliphatic heterocycles. The van der Waals surface area contributed by atoms with E-state index in [1.54, 1.807) is 24.3 Å². The van der Waals surface area contributed by atoms with Crippen molar-refractivity contribution >= 4 is 27.2 Å². The number of nitrogens with one attached hydrogen (secondary N) is 2. The monoisotopic (exact) mass is 363 g/mol. The number of carbonyl (C=O) groups is 1. The summed E-state index contributed by atoms with van der Waals surface area (Å²) in [5.74, 6) is -0.220. The number of nitrogens with zero attached hydrogens (tertiary/aromatic N) is 1. The summed E-state index contributed by atoms with van der Waals surface area (Å²) in [7, 11) is -2.97. The largest absolute Gasteiger partial charge is 0.352 e. The summed E-state index contributed by atoms with van der Waals surface area (Å²) in [6, 6.07) is 9.09. The number of anilines is 2. The van der Waals surface area contributed by atoms with Gasteiger partial charge in [0.2, 0.25) is 0 Å². The Kier molecular flexibility index (Phi) is 4.98. The van der Waals surface area contributed by atoms with Crippen LogP contribution in [0.1, 0.15) is 16.8 Å². The lowest BCUT2D eigenvalue weighted by Gasteiger charge is -2.13. The van der Waals surface area contributed by atoms with Crippen LogP contribution in [0.5, 0.6) is 0 Å². The maximum atomic E-state index is 13.3. The predicted octanol–water partition coefficient (Wildman–Crippen LogP) is 2.13. The molecule has 2 aromatic rings. The third-order valence-corrected chi connectivity index (χ3v) is 5.85. The lowest BCUT2D eigenvalue weighted by atomic mass is 10.1. The van der Waals surface area contributed by atoms with E-state index < -0.39 is 15.7 Å². The van der Waals surface area contributed by atoms with Gasteiger partial charge in [-0.25, -0.2) is 17.8 Å². The van der Waals surface area contributed by atoms with Crippen LogP contribution in [0.15, 0.2) is 42.6 Å². The minimum Gasteiger partial charge on any atom is -0.352 e. The zero-order valence-electron chi connectivity index (χ0n) is 13.4. The Labute approximate surface area is 145 Å². The number of pyridine rings is 1. The molecule has 1 amide bonds. The predicted molar refractivity (Wildman–Crippen MR) is 93.0 cm³/mol. The van der Waals surface area contributed by atoms with E-state index in [4.69, 9.17) is 0 Å². The number of aromatic nitrogens is 1. The molecule has 132 valence electrons. The molecule has 25 heavy (non-hydrogen) atoms. The van der Waals surface area contributed by atoms with Crippen molar-refractivity contribution in [3.63, 3.8) is 0 Å². The van der Waals surface area contributed by atoms with Crippen molar-refractivity contribution in [3.8, 4) is 0 Å². The van der Waals surface area contributed by atoms with Crippen molar-refractivity contribution in [2.75, 3.05) is 23.4 Å². The molecule has 1 unspecified atom stereocenters. The number of carbonyl (C=O) groups excluding carboxylic acids is 1. The Morgan fingerprint density at radius 2 is 2.12 bits per heavy atom. The van der Waals surface area contributed by atoms with Gasteiger partial charge in [-0.2, -0.15) is 0 Å². The van der Waals surface area contributed by atoms with Gasteiger partial charge in [0.15, 0.2) is 9.84 Å². The minimum absolute atomic E-state index is 0.0646. The van der Waals surface area contributed by atoms with E-state index in [1.165, 1.54) is 18.3 Å². The highest BCUT2D eigenvalue weighted by atomic mass is 32.2. The van der Waals surface area contributed by atoms with Gasteiger partial charge in [0.05, 0.1) is 17.1 Å². The van der Waals surface area contributed by atoms with Crippen molar-refractivity contribution in [1.29, 1.82) is 0 Å². The Morgan fingerprint density at radius 1 is 1.28 bits per heavy atom. The van der Waals surface area contributed by atoms with Crippen LogP contribution in [0.2, 0.25) is 0 Å². The van der Waals surface area contributed by atoms with E-state index in [0.29, 0.717) is 30.0 Å². The van der Waals surface area contributed by atoms with E-state index in [-0.39, 0.29) is 23.3 Å². The van der Waals surface area contributed by atoms with Crippen molar-refractivity contribution < 1.29 is 17.6 Å². The maximum absolute atomic E-state index is 13.3. The van der Waals surface area contributed by atoms with E-state index in [9.17, 15) is 17.6 Å². The van der Waals surface area contributed by atoms with Gasteiger partial charge < -0.3 is 10.6 Å². The third kappa shape index (κ3) is 4.54. The first-order valence-electron chi connectivity index (χ1n) is 7.89. The normalized spacial score (nSPS) is 18.7. The molecule has 1 aromatic carbocycles. The van der Waals surface area contributed by atoms with Crippen LogP contribution in [-0.4, -0.2) is 37.4 Å². The average Bonchev–Trinajstić information content (AvgIpc) is 2.92. The highest BCUT2D eigenvalue weighted by molar-refractivity contribution is 7.91. The van der Waals surface area contributed by atoms with Crippen LogP contribution in [-0.2, 0) is 9.84 Å². The molecule has 0 bridgehead atoms. The topological polar surface area (TPSA) is 88.2 Å². The Morgan fingerprint density at radius 3 is 2.84 bits per heavy atom. The van der Waals surface area contributed by atoms with E-state index in [0.717, 1.165) is 0 Å². The van der Waals surface area contributed by atoms with Crippen LogP contribution < -0.4 is 10.6 Å². The first-order chi connectivity index (χ1) is 11.9. The summed E-state index contributed by atoms with van der Waals surface area (Å²) < 4.78 is 36.3. The number of sulfone groups is 1. The number of hydrogen-bond acceptors (Lipinski definition) is 5. The number of amides is 1. The van der Waals surface area contributed by atoms with Gasteiger partial charge in [0.25, 0.3) is 5.91 Å². The highest BCUT2D eigenvalue weighted by Crippen LogP contribution is 2.20. The first-order valence-corrected chi connectivity index (χ1v) is 9.71.